The first-order valence-corrected chi connectivity index (χ1v) is 10.9. The highest BCUT2D eigenvalue weighted by Gasteiger charge is 2.14. The third-order valence-corrected chi connectivity index (χ3v) is 5.43. The molecule has 1 saturated heterocycles. The van der Waals surface area contributed by atoms with Gasteiger partial charge in [0, 0.05) is 13.1 Å². The molecule has 4 aromatic rings. The van der Waals surface area contributed by atoms with Crippen molar-refractivity contribution in [2.75, 3.05) is 43.8 Å². The zero-order valence-electron chi connectivity index (χ0n) is 17.8. The van der Waals surface area contributed by atoms with Crippen LogP contribution in [-0.2, 0) is 6.42 Å². The first kappa shape index (κ1) is 20.3. The van der Waals surface area contributed by atoms with Gasteiger partial charge in [-0.05, 0) is 62.2 Å². The lowest BCUT2D eigenvalue weighted by Crippen LogP contribution is -2.38. The Kier molecular flexibility index (Phi) is 5.84. The summed E-state index contributed by atoms with van der Waals surface area (Å²) in [4.78, 5) is 15.5. The van der Waals surface area contributed by atoms with Crippen molar-refractivity contribution in [3.63, 3.8) is 0 Å². The number of nitrogens with one attached hydrogen (secondary N) is 1. The van der Waals surface area contributed by atoms with Crippen LogP contribution in [0, 0.1) is 0 Å². The molecule has 1 aromatic carbocycles. The molecule has 32 heavy (non-hydrogen) atoms. The van der Waals surface area contributed by atoms with E-state index in [9.17, 15) is 0 Å². The summed E-state index contributed by atoms with van der Waals surface area (Å²) in [6.45, 7) is 5.01. The largest absolute Gasteiger partial charge is 0.494 e. The second kappa shape index (κ2) is 9.23. The SMILES string of the molecule is Nc1nc(NCCc2ccc(OCCCN3CCC3)cc2)nc2nc(-c3ccco3)nn12. The maximum absolute atomic E-state index is 6.02. The summed E-state index contributed by atoms with van der Waals surface area (Å²) in [6, 6.07) is 11.8. The predicted molar refractivity (Wildman–Crippen MR) is 120 cm³/mol. The van der Waals surface area contributed by atoms with E-state index in [0.717, 1.165) is 31.7 Å². The molecule has 0 radical (unpaired) electrons. The quantitative estimate of drug-likeness (QED) is 0.363. The number of fused-ring (bicyclic) bond motifs is 1. The second-order valence-corrected chi connectivity index (χ2v) is 7.75. The van der Waals surface area contributed by atoms with Crippen molar-refractivity contribution in [2.45, 2.75) is 19.3 Å². The fourth-order valence-corrected chi connectivity index (χ4v) is 3.55. The Hall–Kier alpha value is -3.66. The summed E-state index contributed by atoms with van der Waals surface area (Å²) in [5.74, 6) is 2.85. The standard InChI is InChI=1S/C22H26N8O2/c23-20-26-21(27-22-25-19(28-30(20)22)18-4-1-14-32-18)24-10-9-16-5-7-17(8-6-16)31-15-3-13-29-11-2-12-29/h1,4-8,14H,2-3,9-13,15H2,(H3,23,24,25,26,27,28). The molecule has 1 fully saturated rings. The van der Waals surface area contributed by atoms with Gasteiger partial charge in [0.2, 0.25) is 17.7 Å². The molecule has 0 unspecified atom stereocenters. The van der Waals surface area contributed by atoms with Crippen LogP contribution in [-0.4, -0.2) is 62.3 Å². The van der Waals surface area contributed by atoms with Crippen LogP contribution in [0.15, 0.2) is 47.1 Å². The average molecular weight is 435 g/mol. The van der Waals surface area contributed by atoms with Crippen LogP contribution in [0.5, 0.6) is 5.75 Å². The second-order valence-electron chi connectivity index (χ2n) is 7.75. The molecule has 4 heterocycles. The lowest BCUT2D eigenvalue weighted by atomic mass is 10.1. The number of likely N-dealkylation sites (tertiary alicyclic amines) is 1. The molecule has 0 bridgehead atoms. The number of nitrogens with zero attached hydrogens (tertiary/aromatic N) is 6. The highest BCUT2D eigenvalue weighted by atomic mass is 16.5. The number of ether oxygens (including phenoxy) is 1. The smallest absolute Gasteiger partial charge is 0.259 e. The summed E-state index contributed by atoms with van der Waals surface area (Å²) in [6.07, 6.45) is 4.77. The van der Waals surface area contributed by atoms with Crippen LogP contribution < -0.4 is 15.8 Å². The number of furan rings is 1. The third kappa shape index (κ3) is 4.65. The van der Waals surface area contributed by atoms with Gasteiger partial charge in [0.1, 0.15) is 5.75 Å². The van der Waals surface area contributed by atoms with Crippen molar-refractivity contribution in [1.82, 2.24) is 29.5 Å². The van der Waals surface area contributed by atoms with Gasteiger partial charge < -0.3 is 25.1 Å². The zero-order valence-corrected chi connectivity index (χ0v) is 17.8. The van der Waals surface area contributed by atoms with Crippen molar-refractivity contribution >= 4 is 17.7 Å². The first-order valence-electron chi connectivity index (χ1n) is 10.9. The van der Waals surface area contributed by atoms with Gasteiger partial charge >= 0.3 is 0 Å². The van der Waals surface area contributed by atoms with Gasteiger partial charge in [0.25, 0.3) is 5.78 Å². The minimum Gasteiger partial charge on any atom is -0.494 e. The molecule has 1 aliphatic rings. The summed E-state index contributed by atoms with van der Waals surface area (Å²) in [7, 11) is 0. The molecule has 0 saturated carbocycles. The Balaban J connectivity index is 1.12. The fraction of sp³-hybridized carbons (Fsp3) is 0.364. The molecule has 0 amide bonds. The Morgan fingerprint density at radius 3 is 2.72 bits per heavy atom. The molecule has 3 aromatic heterocycles. The molecule has 3 N–H and O–H groups in total. The molecule has 5 rings (SSSR count). The minimum atomic E-state index is 0.207. The van der Waals surface area contributed by atoms with Gasteiger partial charge in [-0.15, -0.1) is 5.10 Å². The third-order valence-electron chi connectivity index (χ3n) is 5.43. The van der Waals surface area contributed by atoms with Crippen molar-refractivity contribution in [1.29, 1.82) is 0 Å². The lowest BCUT2D eigenvalue weighted by molar-refractivity contribution is 0.165. The molecular weight excluding hydrogens is 408 g/mol. The van der Waals surface area contributed by atoms with Gasteiger partial charge in [-0.2, -0.15) is 19.5 Å². The van der Waals surface area contributed by atoms with Crippen LogP contribution in [0.4, 0.5) is 11.9 Å². The topological polar surface area (TPSA) is 120 Å². The summed E-state index contributed by atoms with van der Waals surface area (Å²) < 4.78 is 12.6. The lowest BCUT2D eigenvalue weighted by Gasteiger charge is -2.30. The van der Waals surface area contributed by atoms with Crippen molar-refractivity contribution in [3.05, 3.63) is 48.2 Å². The number of hydrogen-bond donors (Lipinski definition) is 2. The molecule has 0 spiro atoms. The maximum atomic E-state index is 6.02. The highest BCUT2D eigenvalue weighted by molar-refractivity contribution is 5.52. The molecule has 10 nitrogen and oxygen atoms in total. The van der Waals surface area contributed by atoms with Crippen molar-refractivity contribution < 1.29 is 9.15 Å². The average Bonchev–Trinajstić information content (AvgIpc) is 3.43. The van der Waals surface area contributed by atoms with Crippen LogP contribution in [0.25, 0.3) is 17.4 Å². The number of aromatic nitrogens is 5. The molecular formula is C22H26N8O2. The Morgan fingerprint density at radius 2 is 1.97 bits per heavy atom. The monoisotopic (exact) mass is 434 g/mol. The maximum Gasteiger partial charge on any atom is 0.259 e. The number of anilines is 2. The van der Waals surface area contributed by atoms with E-state index in [0.29, 0.717) is 29.9 Å². The number of hydrogen-bond acceptors (Lipinski definition) is 9. The van der Waals surface area contributed by atoms with E-state index in [1.54, 1.807) is 18.4 Å². The van der Waals surface area contributed by atoms with E-state index >= 15 is 0 Å². The van der Waals surface area contributed by atoms with Crippen LogP contribution in [0.3, 0.4) is 0 Å². The summed E-state index contributed by atoms with van der Waals surface area (Å²) in [5.41, 5.74) is 7.22. The number of nitrogen functional groups attached to an aromatic ring is 1. The number of benzene rings is 1. The number of rotatable bonds is 10. The van der Waals surface area contributed by atoms with E-state index in [1.807, 2.05) is 12.1 Å². The molecule has 166 valence electrons. The van der Waals surface area contributed by atoms with Gasteiger partial charge in [-0.3, -0.25) is 0 Å². The van der Waals surface area contributed by atoms with Gasteiger partial charge in [0.05, 0.1) is 12.9 Å². The zero-order chi connectivity index (χ0) is 21.8. The van der Waals surface area contributed by atoms with E-state index in [2.05, 4.69) is 42.4 Å². The Labute approximate surface area is 185 Å². The number of nitrogens with two attached hydrogens (primary N) is 1. The van der Waals surface area contributed by atoms with Crippen LogP contribution >= 0.6 is 0 Å². The van der Waals surface area contributed by atoms with E-state index in [4.69, 9.17) is 14.9 Å². The van der Waals surface area contributed by atoms with Gasteiger partial charge in [0.15, 0.2) is 5.76 Å². The molecule has 0 aliphatic carbocycles. The summed E-state index contributed by atoms with van der Waals surface area (Å²) in [5, 5.41) is 7.50. The van der Waals surface area contributed by atoms with Gasteiger partial charge in [-0.25, -0.2) is 0 Å². The van der Waals surface area contributed by atoms with Gasteiger partial charge in [-0.1, -0.05) is 12.1 Å². The molecule has 0 atom stereocenters. The fourth-order valence-electron chi connectivity index (χ4n) is 3.55. The van der Waals surface area contributed by atoms with E-state index in [1.165, 1.54) is 29.6 Å². The van der Waals surface area contributed by atoms with Crippen LogP contribution in [0.1, 0.15) is 18.4 Å². The molecule has 1 aliphatic heterocycles. The van der Waals surface area contributed by atoms with Crippen LogP contribution in [0.2, 0.25) is 0 Å². The normalized spacial score (nSPS) is 13.9. The Morgan fingerprint density at radius 1 is 1.09 bits per heavy atom. The Bertz CT molecular complexity index is 1150. The summed E-state index contributed by atoms with van der Waals surface area (Å²) >= 11 is 0. The van der Waals surface area contributed by atoms with Crippen molar-refractivity contribution in [3.8, 4) is 17.3 Å². The first-order chi connectivity index (χ1) is 15.7. The van der Waals surface area contributed by atoms with E-state index < -0.39 is 0 Å². The molecule has 10 heteroatoms. The van der Waals surface area contributed by atoms with E-state index in [-0.39, 0.29) is 5.95 Å². The minimum absolute atomic E-state index is 0.207. The highest BCUT2D eigenvalue weighted by Crippen LogP contribution is 2.18. The predicted octanol–water partition coefficient (Wildman–Crippen LogP) is 2.49. The van der Waals surface area contributed by atoms with Crippen molar-refractivity contribution in [2.24, 2.45) is 0 Å².